The van der Waals surface area contributed by atoms with E-state index in [1.54, 1.807) is 6.20 Å². The number of carbonyl (C=O) groups is 2. The van der Waals surface area contributed by atoms with Gasteiger partial charge in [-0.1, -0.05) is 6.42 Å². The molecule has 2 amide bonds. The van der Waals surface area contributed by atoms with Crippen molar-refractivity contribution < 1.29 is 14.3 Å². The van der Waals surface area contributed by atoms with Crippen LogP contribution in [-0.4, -0.2) is 63.4 Å². The molecular weight excluding hydrogens is 356 g/mol. The third-order valence-corrected chi connectivity index (χ3v) is 7.13. The second-order valence-corrected chi connectivity index (χ2v) is 8.84. The largest absolute Gasteiger partial charge is 0.352 e. The normalized spacial score (nSPS) is 27.4. The summed E-state index contributed by atoms with van der Waals surface area (Å²) in [4.78, 5) is 34.3. The Labute approximate surface area is 166 Å². The van der Waals surface area contributed by atoms with Gasteiger partial charge in [0.2, 0.25) is 5.91 Å². The van der Waals surface area contributed by atoms with Crippen molar-refractivity contribution >= 4 is 11.8 Å². The Bertz CT molecular complexity index is 743. The highest BCUT2D eigenvalue weighted by molar-refractivity contribution is 5.81. The Morgan fingerprint density at radius 3 is 2.36 bits per heavy atom. The van der Waals surface area contributed by atoms with Crippen molar-refractivity contribution in [2.24, 2.45) is 5.92 Å². The first-order chi connectivity index (χ1) is 13.7. The van der Waals surface area contributed by atoms with Gasteiger partial charge in [-0.3, -0.25) is 9.59 Å². The maximum absolute atomic E-state index is 13.1. The Morgan fingerprint density at radius 2 is 1.68 bits per heavy atom. The minimum atomic E-state index is -0.547. The number of fused-ring (bicyclic) bond motifs is 2. The molecule has 1 spiro atoms. The summed E-state index contributed by atoms with van der Waals surface area (Å²) >= 11 is 0. The molecule has 1 atom stereocenters. The lowest BCUT2D eigenvalue weighted by Crippen LogP contribution is -2.56. The predicted molar refractivity (Wildman–Crippen MR) is 102 cm³/mol. The van der Waals surface area contributed by atoms with Crippen LogP contribution < -0.4 is 0 Å². The van der Waals surface area contributed by atoms with Crippen molar-refractivity contribution in [2.45, 2.75) is 69.6 Å². The second kappa shape index (κ2) is 7.17. The van der Waals surface area contributed by atoms with Gasteiger partial charge in [0.1, 0.15) is 11.4 Å². The molecule has 2 saturated heterocycles. The van der Waals surface area contributed by atoms with Gasteiger partial charge < -0.3 is 19.1 Å². The van der Waals surface area contributed by atoms with Gasteiger partial charge in [0, 0.05) is 57.3 Å². The monoisotopic (exact) mass is 386 g/mol. The van der Waals surface area contributed by atoms with Crippen molar-refractivity contribution in [2.75, 3.05) is 26.2 Å². The molecule has 4 heterocycles. The van der Waals surface area contributed by atoms with E-state index in [4.69, 9.17) is 4.74 Å². The number of likely N-dealkylation sites (tertiary alicyclic amines) is 2. The first-order valence-corrected chi connectivity index (χ1v) is 10.9. The molecule has 4 aliphatic rings. The molecule has 152 valence electrons. The van der Waals surface area contributed by atoms with Crippen LogP contribution in [-0.2, 0) is 26.5 Å². The zero-order valence-electron chi connectivity index (χ0n) is 16.5. The highest BCUT2D eigenvalue weighted by atomic mass is 16.5. The highest BCUT2D eigenvalue weighted by Gasteiger charge is 2.48. The van der Waals surface area contributed by atoms with Gasteiger partial charge in [-0.15, -0.1) is 0 Å². The van der Waals surface area contributed by atoms with E-state index in [0.29, 0.717) is 38.4 Å². The molecule has 1 aliphatic carbocycles. The van der Waals surface area contributed by atoms with Gasteiger partial charge in [-0.25, -0.2) is 4.98 Å². The number of amides is 2. The van der Waals surface area contributed by atoms with Crippen molar-refractivity contribution in [3.05, 3.63) is 18.2 Å². The van der Waals surface area contributed by atoms with Crippen LogP contribution >= 0.6 is 0 Å². The van der Waals surface area contributed by atoms with Crippen LogP contribution in [0.25, 0.3) is 0 Å². The number of piperidine rings is 2. The summed E-state index contributed by atoms with van der Waals surface area (Å²) in [6.07, 6.45) is 11.4. The van der Waals surface area contributed by atoms with E-state index < -0.39 is 11.7 Å². The average molecular weight is 386 g/mol. The van der Waals surface area contributed by atoms with Crippen LogP contribution in [0.1, 0.15) is 57.2 Å². The molecule has 0 N–H and O–H groups in total. The molecule has 1 aromatic heterocycles. The minimum absolute atomic E-state index is 0.117. The van der Waals surface area contributed by atoms with Gasteiger partial charge in [-0.05, 0) is 32.1 Å². The molecule has 0 radical (unpaired) electrons. The first-order valence-electron chi connectivity index (χ1n) is 10.9. The van der Waals surface area contributed by atoms with E-state index in [-0.39, 0.29) is 11.8 Å². The van der Waals surface area contributed by atoms with Crippen molar-refractivity contribution in [3.8, 4) is 0 Å². The first kappa shape index (κ1) is 18.2. The summed E-state index contributed by atoms with van der Waals surface area (Å²) in [5.41, 5.74) is -0.547. The summed E-state index contributed by atoms with van der Waals surface area (Å²) in [6.45, 7) is 3.59. The molecular formula is C21H30N4O3. The van der Waals surface area contributed by atoms with Gasteiger partial charge in [-0.2, -0.15) is 0 Å². The third-order valence-electron chi connectivity index (χ3n) is 7.13. The second-order valence-electron chi connectivity index (χ2n) is 8.84. The number of ether oxygens (including phenoxy) is 1. The van der Waals surface area contributed by atoms with E-state index in [1.807, 2.05) is 16.0 Å². The summed E-state index contributed by atoms with van der Waals surface area (Å²) in [5.74, 6) is 1.58. The van der Waals surface area contributed by atoms with Crippen LogP contribution in [0.4, 0.5) is 0 Å². The number of rotatable bonds is 2. The van der Waals surface area contributed by atoms with Gasteiger partial charge >= 0.3 is 0 Å². The van der Waals surface area contributed by atoms with Crippen LogP contribution in [0, 0.1) is 5.92 Å². The SMILES string of the molecule is O=C(C1CCC1)N1CCC2(CC1)O[C@@H](C(=O)N1CCCCC1)Cn1ccnc12. The molecule has 1 saturated carbocycles. The zero-order valence-corrected chi connectivity index (χ0v) is 16.5. The predicted octanol–water partition coefficient (Wildman–Crippen LogP) is 1.91. The van der Waals surface area contributed by atoms with Crippen LogP contribution in [0.2, 0.25) is 0 Å². The van der Waals surface area contributed by atoms with Crippen molar-refractivity contribution in [1.29, 1.82) is 0 Å². The van der Waals surface area contributed by atoms with E-state index in [0.717, 1.165) is 44.6 Å². The lowest BCUT2D eigenvalue weighted by molar-refractivity contribution is -0.184. The van der Waals surface area contributed by atoms with Gasteiger partial charge in [0.25, 0.3) is 5.91 Å². The maximum atomic E-state index is 13.1. The quantitative estimate of drug-likeness (QED) is 0.779. The van der Waals surface area contributed by atoms with E-state index >= 15 is 0 Å². The van der Waals surface area contributed by atoms with Crippen molar-refractivity contribution in [1.82, 2.24) is 19.4 Å². The van der Waals surface area contributed by atoms with Crippen LogP contribution in [0.3, 0.4) is 0 Å². The van der Waals surface area contributed by atoms with E-state index in [1.165, 1.54) is 12.8 Å². The number of hydrogen-bond acceptors (Lipinski definition) is 4. The number of hydrogen-bond donors (Lipinski definition) is 0. The van der Waals surface area contributed by atoms with Gasteiger partial charge in [0.05, 0.1) is 6.54 Å². The molecule has 7 nitrogen and oxygen atoms in total. The molecule has 0 unspecified atom stereocenters. The molecule has 0 bridgehead atoms. The fraction of sp³-hybridized carbons (Fsp3) is 0.762. The molecule has 1 aromatic rings. The Morgan fingerprint density at radius 1 is 0.964 bits per heavy atom. The zero-order chi connectivity index (χ0) is 19.1. The number of imidazole rings is 1. The lowest BCUT2D eigenvalue weighted by Gasteiger charge is -2.47. The van der Waals surface area contributed by atoms with Crippen LogP contribution in [0.5, 0.6) is 0 Å². The molecule has 0 aromatic carbocycles. The van der Waals surface area contributed by atoms with Gasteiger partial charge in [0.15, 0.2) is 6.10 Å². The average Bonchev–Trinajstić information content (AvgIpc) is 3.17. The molecule has 28 heavy (non-hydrogen) atoms. The minimum Gasteiger partial charge on any atom is -0.352 e. The molecule has 3 fully saturated rings. The van der Waals surface area contributed by atoms with Crippen LogP contribution in [0.15, 0.2) is 12.4 Å². The number of nitrogens with zero attached hydrogens (tertiary/aromatic N) is 4. The number of aromatic nitrogens is 2. The van der Waals surface area contributed by atoms with E-state index in [2.05, 4.69) is 9.55 Å². The summed E-state index contributed by atoms with van der Waals surface area (Å²) in [7, 11) is 0. The van der Waals surface area contributed by atoms with Crippen molar-refractivity contribution in [3.63, 3.8) is 0 Å². The summed E-state index contributed by atoms with van der Waals surface area (Å²) in [5, 5.41) is 0. The van der Waals surface area contributed by atoms with E-state index in [9.17, 15) is 9.59 Å². The fourth-order valence-corrected chi connectivity index (χ4v) is 5.19. The highest BCUT2D eigenvalue weighted by Crippen LogP contribution is 2.41. The standard InChI is InChI=1S/C21H30N4O3/c26-18(16-5-4-6-16)24-12-7-21(8-13-24)20-22-9-14-25(20)15-17(28-21)19(27)23-10-2-1-3-11-23/h9,14,16-17H,1-8,10-13,15H2/t17-/m1/s1. The fourth-order valence-electron chi connectivity index (χ4n) is 5.19. The third kappa shape index (κ3) is 3.04. The summed E-state index contributed by atoms with van der Waals surface area (Å²) < 4.78 is 8.63. The number of carbonyl (C=O) groups excluding carboxylic acids is 2. The maximum Gasteiger partial charge on any atom is 0.253 e. The molecule has 7 heteroatoms. The Kier molecular flexibility index (Phi) is 4.65. The Hall–Kier alpha value is -1.89. The molecule has 5 rings (SSSR count). The lowest BCUT2D eigenvalue weighted by atomic mass is 9.82. The smallest absolute Gasteiger partial charge is 0.253 e. The molecule has 3 aliphatic heterocycles. The summed E-state index contributed by atoms with van der Waals surface area (Å²) in [6, 6.07) is 0. The Balaban J connectivity index is 1.32. The topological polar surface area (TPSA) is 67.7 Å².